The Labute approximate surface area is 116 Å². The molecular weight excluding hydrogens is 283 g/mol. The van der Waals surface area contributed by atoms with E-state index in [1.807, 2.05) is 53.3 Å². The van der Waals surface area contributed by atoms with Crippen LogP contribution in [0, 0.1) is 0 Å². The van der Waals surface area contributed by atoms with Crippen molar-refractivity contribution in [3.05, 3.63) is 66.2 Å². The molecule has 5 heteroatoms. The third-order valence-corrected chi connectivity index (χ3v) is 6.25. The van der Waals surface area contributed by atoms with Crippen LogP contribution in [0.15, 0.2) is 65.8 Å². The van der Waals surface area contributed by atoms with Gasteiger partial charge in [0, 0.05) is 5.56 Å². The molecule has 0 fully saturated rings. The molecule has 1 aliphatic heterocycles. The molecule has 3 rings (SSSR count). The summed E-state index contributed by atoms with van der Waals surface area (Å²) in [6.45, 7) is -0.849. The van der Waals surface area contributed by atoms with Gasteiger partial charge in [-0.15, -0.1) is 0 Å². The average molecular weight is 293 g/mol. The Morgan fingerprint density at radius 1 is 0.944 bits per heavy atom. The van der Waals surface area contributed by atoms with E-state index in [2.05, 4.69) is 17.2 Å². The van der Waals surface area contributed by atoms with Gasteiger partial charge in [0.2, 0.25) is 0 Å². The largest absolute Gasteiger partial charge is 0.218 e. The smallest absolute Gasteiger partial charge is 0.179 e. The van der Waals surface area contributed by atoms with Crippen LogP contribution in [0.5, 0.6) is 0 Å². The first-order chi connectivity index (χ1) is 8.84. The van der Waals surface area contributed by atoms with E-state index in [0.717, 1.165) is 16.3 Å². The van der Waals surface area contributed by atoms with E-state index < -0.39 is 6.63 Å². The van der Waals surface area contributed by atoms with Crippen LogP contribution in [0.3, 0.4) is 0 Å². The molecule has 18 heavy (non-hydrogen) atoms. The monoisotopic (exact) mass is 292 g/mol. The Morgan fingerprint density at radius 3 is 2.22 bits per heavy atom. The van der Waals surface area contributed by atoms with Gasteiger partial charge in [0.1, 0.15) is 5.04 Å². The zero-order valence-electron chi connectivity index (χ0n) is 9.40. The summed E-state index contributed by atoms with van der Waals surface area (Å²) in [7, 11) is 0. The highest BCUT2D eigenvalue weighted by Gasteiger charge is 2.28. The Hall–Kier alpha value is -1.02. The molecule has 0 radical (unpaired) electrons. The Balaban J connectivity index is 1.92. The van der Waals surface area contributed by atoms with Gasteiger partial charge >= 0.3 is 0 Å². The SMILES string of the molecule is ClP1SC(c2ccccc2)=NN1c1ccccc1. The van der Waals surface area contributed by atoms with Crippen LogP contribution < -0.4 is 4.78 Å². The van der Waals surface area contributed by atoms with Crippen molar-refractivity contribution < 1.29 is 0 Å². The van der Waals surface area contributed by atoms with Gasteiger partial charge in [0.25, 0.3) is 0 Å². The second-order valence-corrected chi connectivity index (χ2v) is 8.26. The van der Waals surface area contributed by atoms with Crippen LogP contribution in [0.4, 0.5) is 5.69 Å². The number of hydrogen-bond donors (Lipinski definition) is 0. The number of nitrogens with zero attached hydrogens (tertiary/aromatic N) is 2. The Morgan fingerprint density at radius 2 is 1.56 bits per heavy atom. The maximum absolute atomic E-state index is 6.40. The van der Waals surface area contributed by atoms with Crippen molar-refractivity contribution in [3.63, 3.8) is 0 Å². The lowest BCUT2D eigenvalue weighted by molar-refractivity contribution is 1.21. The third-order valence-electron chi connectivity index (χ3n) is 2.50. The number of hydrogen-bond acceptors (Lipinski definition) is 3. The van der Waals surface area contributed by atoms with Gasteiger partial charge in [-0.25, -0.2) is 4.78 Å². The molecule has 2 nitrogen and oxygen atoms in total. The molecule has 0 aromatic heterocycles. The molecule has 0 aliphatic carbocycles. The molecule has 2 aromatic rings. The molecule has 2 aromatic carbocycles. The third kappa shape index (κ3) is 2.39. The molecule has 0 N–H and O–H groups in total. The highest BCUT2D eigenvalue weighted by atomic mass is 35.7. The predicted octanol–water partition coefficient (Wildman–Crippen LogP) is 5.07. The van der Waals surface area contributed by atoms with E-state index in [0.29, 0.717) is 0 Å². The molecular formula is C13H10ClN2PS. The Kier molecular flexibility index (Phi) is 3.55. The van der Waals surface area contributed by atoms with E-state index in [9.17, 15) is 0 Å². The van der Waals surface area contributed by atoms with Gasteiger partial charge < -0.3 is 0 Å². The van der Waals surface area contributed by atoms with Crippen molar-refractivity contribution in [1.29, 1.82) is 0 Å². The normalized spacial score (nSPS) is 18.8. The molecule has 0 amide bonds. The summed E-state index contributed by atoms with van der Waals surface area (Å²) >= 11 is 8.02. The summed E-state index contributed by atoms with van der Waals surface area (Å²) in [6, 6.07) is 20.2. The predicted molar refractivity (Wildman–Crippen MR) is 82.3 cm³/mol. The lowest BCUT2D eigenvalue weighted by Gasteiger charge is -2.15. The summed E-state index contributed by atoms with van der Waals surface area (Å²) in [4.78, 5) is 0. The average Bonchev–Trinajstić information content (AvgIpc) is 2.83. The van der Waals surface area contributed by atoms with Crippen LogP contribution in [0.25, 0.3) is 0 Å². The van der Waals surface area contributed by atoms with Gasteiger partial charge in [-0.1, -0.05) is 59.8 Å². The molecule has 1 aliphatic rings. The molecule has 1 unspecified atom stereocenters. The topological polar surface area (TPSA) is 15.6 Å². The maximum atomic E-state index is 6.40. The van der Waals surface area contributed by atoms with Crippen LogP contribution in [-0.4, -0.2) is 5.04 Å². The molecule has 90 valence electrons. The minimum absolute atomic E-state index is 0.849. The van der Waals surface area contributed by atoms with Gasteiger partial charge in [-0.05, 0) is 23.5 Å². The minimum Gasteiger partial charge on any atom is -0.218 e. The lowest BCUT2D eigenvalue weighted by atomic mass is 10.2. The van der Waals surface area contributed by atoms with Crippen molar-refractivity contribution >= 4 is 40.0 Å². The van der Waals surface area contributed by atoms with E-state index in [-0.39, 0.29) is 0 Å². The minimum atomic E-state index is -0.849. The zero-order chi connectivity index (χ0) is 12.4. The molecule has 0 bridgehead atoms. The summed E-state index contributed by atoms with van der Waals surface area (Å²) in [5, 5.41) is 5.61. The van der Waals surface area contributed by atoms with Crippen molar-refractivity contribution in [1.82, 2.24) is 0 Å². The fourth-order valence-corrected chi connectivity index (χ4v) is 5.20. The Bertz CT molecular complexity index is 562. The molecule has 0 saturated heterocycles. The number of anilines is 1. The van der Waals surface area contributed by atoms with E-state index in [1.54, 1.807) is 11.4 Å². The van der Waals surface area contributed by atoms with Crippen molar-refractivity contribution in [3.8, 4) is 0 Å². The first kappa shape index (κ1) is 12.0. The second-order valence-electron chi connectivity index (χ2n) is 3.71. The first-order valence-electron chi connectivity index (χ1n) is 5.47. The fraction of sp³-hybridized carbons (Fsp3) is 0. The highest BCUT2D eigenvalue weighted by Crippen LogP contribution is 2.64. The molecule has 1 atom stereocenters. The van der Waals surface area contributed by atoms with Gasteiger partial charge in [-0.2, -0.15) is 5.10 Å². The van der Waals surface area contributed by atoms with Crippen molar-refractivity contribution in [2.45, 2.75) is 0 Å². The van der Waals surface area contributed by atoms with Crippen LogP contribution >= 0.6 is 29.2 Å². The van der Waals surface area contributed by atoms with Crippen LogP contribution in [-0.2, 0) is 0 Å². The zero-order valence-corrected chi connectivity index (χ0v) is 11.9. The molecule has 0 saturated carbocycles. The number of rotatable bonds is 2. The van der Waals surface area contributed by atoms with Crippen molar-refractivity contribution in [2.24, 2.45) is 5.10 Å². The quantitative estimate of drug-likeness (QED) is 0.718. The van der Waals surface area contributed by atoms with Gasteiger partial charge in [-0.3, -0.25) is 0 Å². The van der Waals surface area contributed by atoms with Gasteiger partial charge in [0.05, 0.1) is 5.69 Å². The maximum Gasteiger partial charge on any atom is 0.179 e. The lowest BCUT2D eigenvalue weighted by Crippen LogP contribution is -2.01. The molecule has 1 heterocycles. The van der Waals surface area contributed by atoms with E-state index in [4.69, 9.17) is 11.2 Å². The fourth-order valence-electron chi connectivity index (χ4n) is 1.65. The number of halogens is 1. The summed E-state index contributed by atoms with van der Waals surface area (Å²) in [6.07, 6.45) is 0. The summed E-state index contributed by atoms with van der Waals surface area (Å²) in [5.41, 5.74) is 2.16. The highest BCUT2D eigenvalue weighted by molar-refractivity contribution is 8.70. The van der Waals surface area contributed by atoms with E-state index in [1.165, 1.54) is 0 Å². The summed E-state index contributed by atoms with van der Waals surface area (Å²) < 4.78 is 1.91. The van der Waals surface area contributed by atoms with Crippen LogP contribution in [0.1, 0.15) is 5.56 Å². The summed E-state index contributed by atoms with van der Waals surface area (Å²) in [5.74, 6) is 0. The number of para-hydroxylation sites is 1. The van der Waals surface area contributed by atoms with Gasteiger partial charge in [0.15, 0.2) is 6.63 Å². The van der Waals surface area contributed by atoms with E-state index >= 15 is 0 Å². The molecule has 0 spiro atoms. The van der Waals surface area contributed by atoms with Crippen LogP contribution in [0.2, 0.25) is 0 Å². The second kappa shape index (κ2) is 5.31. The standard InChI is InChI=1S/C13H10ClN2PS/c14-17-16(12-9-5-2-6-10-12)15-13(18-17)11-7-3-1-4-8-11/h1-10H. The first-order valence-corrected chi connectivity index (χ1v) is 9.10. The number of hydrazone groups is 1. The number of benzene rings is 2. The van der Waals surface area contributed by atoms with Crippen molar-refractivity contribution in [2.75, 3.05) is 4.78 Å².